The van der Waals surface area contributed by atoms with Crippen LogP contribution in [0.1, 0.15) is 32.3 Å². The third-order valence-electron chi connectivity index (χ3n) is 4.68. The summed E-state index contributed by atoms with van der Waals surface area (Å²) < 4.78 is 0. The molecule has 1 heterocycles. The number of benzene rings is 1. The normalized spacial score (nSPS) is 11.3. The van der Waals surface area contributed by atoms with Gasteiger partial charge in [-0.05, 0) is 49.9 Å². The maximum absolute atomic E-state index is 12.2. The highest BCUT2D eigenvalue weighted by Gasteiger charge is 2.17. The molecule has 0 aliphatic carbocycles. The minimum atomic E-state index is -1.82. The fourth-order valence-electron chi connectivity index (χ4n) is 2.68. The minimum absolute atomic E-state index is 0.205. The summed E-state index contributed by atoms with van der Waals surface area (Å²) in [6, 6.07) is 15.1. The van der Waals surface area contributed by atoms with E-state index in [0.29, 0.717) is 12.5 Å². The molecule has 7 nitrogen and oxygen atoms in total. The SMILES string of the molecule is CCC(=O)N(CCC(C)N(C)CCc1ccccc1)c1cccs1.O=C(O)C(=O)O. The number of rotatable bonds is 9. The Labute approximate surface area is 181 Å². The molecule has 1 aromatic heterocycles. The summed E-state index contributed by atoms with van der Waals surface area (Å²) in [7, 11) is 2.17. The lowest BCUT2D eigenvalue weighted by Crippen LogP contribution is -2.37. The van der Waals surface area contributed by atoms with Crippen molar-refractivity contribution in [3.63, 3.8) is 0 Å². The molecule has 1 amide bonds. The van der Waals surface area contributed by atoms with Crippen molar-refractivity contribution in [1.82, 2.24) is 4.90 Å². The van der Waals surface area contributed by atoms with Crippen LogP contribution in [0.15, 0.2) is 47.8 Å². The molecule has 0 aliphatic heterocycles. The van der Waals surface area contributed by atoms with Gasteiger partial charge in [-0.25, -0.2) is 9.59 Å². The van der Waals surface area contributed by atoms with Crippen molar-refractivity contribution in [2.24, 2.45) is 0 Å². The first-order valence-corrected chi connectivity index (χ1v) is 10.7. The van der Waals surface area contributed by atoms with E-state index in [0.717, 1.165) is 30.9 Å². The van der Waals surface area contributed by atoms with Crippen LogP contribution in [0.3, 0.4) is 0 Å². The molecule has 2 rings (SSSR count). The maximum Gasteiger partial charge on any atom is 0.414 e. The molecule has 0 radical (unpaired) electrons. The third-order valence-corrected chi connectivity index (χ3v) is 5.57. The number of thiophene rings is 1. The van der Waals surface area contributed by atoms with Gasteiger partial charge in [0.2, 0.25) is 5.91 Å². The summed E-state index contributed by atoms with van der Waals surface area (Å²) in [6.07, 6.45) is 2.59. The summed E-state index contributed by atoms with van der Waals surface area (Å²) in [5.41, 5.74) is 1.37. The zero-order chi connectivity index (χ0) is 22.5. The monoisotopic (exact) mass is 434 g/mol. The Balaban J connectivity index is 0.000000656. The Morgan fingerprint density at radius 3 is 2.13 bits per heavy atom. The van der Waals surface area contributed by atoms with E-state index in [1.165, 1.54) is 5.56 Å². The molecule has 8 heteroatoms. The van der Waals surface area contributed by atoms with Crippen LogP contribution in [0.25, 0.3) is 0 Å². The van der Waals surface area contributed by atoms with Crippen molar-refractivity contribution in [3.8, 4) is 0 Å². The second kappa shape index (κ2) is 13.5. The molecule has 0 fully saturated rings. The van der Waals surface area contributed by atoms with Crippen LogP contribution in [0.2, 0.25) is 0 Å². The predicted octanol–water partition coefficient (Wildman–Crippen LogP) is 3.60. The number of carboxylic acid groups (broad SMARTS) is 2. The molecule has 1 aromatic carbocycles. The van der Waals surface area contributed by atoms with Crippen molar-refractivity contribution >= 4 is 34.2 Å². The van der Waals surface area contributed by atoms with Crippen LogP contribution >= 0.6 is 11.3 Å². The number of hydrogen-bond acceptors (Lipinski definition) is 5. The lowest BCUT2D eigenvalue weighted by molar-refractivity contribution is -0.159. The van der Waals surface area contributed by atoms with Crippen LogP contribution in [0.4, 0.5) is 5.00 Å². The van der Waals surface area contributed by atoms with Gasteiger partial charge in [0, 0.05) is 25.6 Å². The molecule has 2 aromatic rings. The smallest absolute Gasteiger partial charge is 0.414 e. The molecule has 0 spiro atoms. The maximum atomic E-state index is 12.2. The molecule has 30 heavy (non-hydrogen) atoms. The largest absolute Gasteiger partial charge is 0.473 e. The zero-order valence-corrected chi connectivity index (χ0v) is 18.5. The fraction of sp³-hybridized carbons (Fsp3) is 0.409. The van der Waals surface area contributed by atoms with Gasteiger partial charge < -0.3 is 20.0 Å². The summed E-state index contributed by atoms with van der Waals surface area (Å²) in [5.74, 6) is -3.44. The van der Waals surface area contributed by atoms with E-state index in [9.17, 15) is 4.79 Å². The Kier molecular flexibility index (Phi) is 11.4. The van der Waals surface area contributed by atoms with E-state index in [1.807, 2.05) is 29.3 Å². The highest BCUT2D eigenvalue weighted by Crippen LogP contribution is 2.23. The van der Waals surface area contributed by atoms with Gasteiger partial charge in [0.15, 0.2) is 0 Å². The first-order valence-electron chi connectivity index (χ1n) is 9.80. The van der Waals surface area contributed by atoms with Gasteiger partial charge in [0.05, 0.1) is 5.00 Å². The summed E-state index contributed by atoms with van der Waals surface area (Å²) in [6.45, 7) is 5.99. The van der Waals surface area contributed by atoms with E-state index in [-0.39, 0.29) is 5.91 Å². The number of nitrogens with zero attached hydrogens (tertiary/aromatic N) is 2. The number of amides is 1. The van der Waals surface area contributed by atoms with Crippen molar-refractivity contribution in [2.45, 2.75) is 39.2 Å². The molecule has 164 valence electrons. The Hall–Kier alpha value is -2.71. The zero-order valence-electron chi connectivity index (χ0n) is 17.7. The second-order valence-corrected chi connectivity index (χ2v) is 7.74. The summed E-state index contributed by atoms with van der Waals surface area (Å²) >= 11 is 1.63. The number of carbonyl (C=O) groups excluding carboxylic acids is 1. The molecule has 1 atom stereocenters. The van der Waals surface area contributed by atoms with E-state index in [1.54, 1.807) is 11.3 Å². The predicted molar refractivity (Wildman–Crippen MR) is 119 cm³/mol. The average Bonchev–Trinajstić information content (AvgIpc) is 3.27. The highest BCUT2D eigenvalue weighted by atomic mass is 32.1. The minimum Gasteiger partial charge on any atom is -0.473 e. The molecule has 0 saturated heterocycles. The quantitative estimate of drug-likeness (QED) is 0.585. The van der Waals surface area contributed by atoms with E-state index in [4.69, 9.17) is 19.8 Å². The number of anilines is 1. The van der Waals surface area contributed by atoms with Gasteiger partial charge in [-0.3, -0.25) is 4.79 Å². The molecule has 0 bridgehead atoms. The third kappa shape index (κ3) is 9.19. The summed E-state index contributed by atoms with van der Waals surface area (Å²) in [5, 5.41) is 17.9. The molecular formula is C22H30N2O5S. The van der Waals surface area contributed by atoms with Crippen LogP contribution in [-0.2, 0) is 20.8 Å². The van der Waals surface area contributed by atoms with E-state index >= 15 is 0 Å². The van der Waals surface area contributed by atoms with E-state index < -0.39 is 11.9 Å². The molecule has 0 aliphatic rings. The highest BCUT2D eigenvalue weighted by molar-refractivity contribution is 7.14. The summed E-state index contributed by atoms with van der Waals surface area (Å²) in [4.78, 5) is 34.7. The van der Waals surface area contributed by atoms with Crippen molar-refractivity contribution < 1.29 is 24.6 Å². The van der Waals surface area contributed by atoms with Gasteiger partial charge in [0.25, 0.3) is 0 Å². The number of carbonyl (C=O) groups is 3. The number of likely N-dealkylation sites (N-methyl/N-ethyl adjacent to an activating group) is 1. The fourth-order valence-corrected chi connectivity index (χ4v) is 3.45. The lowest BCUT2D eigenvalue weighted by Gasteiger charge is -2.28. The molecule has 0 saturated carbocycles. The van der Waals surface area contributed by atoms with Crippen LogP contribution in [-0.4, -0.2) is 59.1 Å². The molecule has 1 unspecified atom stereocenters. The van der Waals surface area contributed by atoms with Crippen LogP contribution in [0.5, 0.6) is 0 Å². The molecular weight excluding hydrogens is 404 g/mol. The van der Waals surface area contributed by atoms with Gasteiger partial charge >= 0.3 is 11.9 Å². The Morgan fingerprint density at radius 1 is 1.00 bits per heavy atom. The van der Waals surface area contributed by atoms with E-state index in [2.05, 4.69) is 49.2 Å². The Morgan fingerprint density at radius 2 is 1.63 bits per heavy atom. The second-order valence-electron chi connectivity index (χ2n) is 6.81. The first kappa shape index (κ1) is 25.3. The van der Waals surface area contributed by atoms with Crippen LogP contribution < -0.4 is 4.90 Å². The Bertz CT molecular complexity index is 768. The molecule has 2 N–H and O–H groups in total. The van der Waals surface area contributed by atoms with Gasteiger partial charge in [-0.2, -0.15) is 0 Å². The number of aliphatic carboxylic acids is 2. The first-order chi connectivity index (χ1) is 14.3. The average molecular weight is 435 g/mol. The van der Waals surface area contributed by atoms with Crippen molar-refractivity contribution in [1.29, 1.82) is 0 Å². The standard InChI is InChI=1S/C20H28N2OS.C2H2O4/c1-4-19(23)22(20-11-8-16-24-20)15-12-17(2)21(3)14-13-18-9-6-5-7-10-18;3-1(4)2(5)6/h5-11,16-17H,4,12-15H2,1-3H3;(H,3,4)(H,5,6). The van der Waals surface area contributed by atoms with Gasteiger partial charge in [-0.15, -0.1) is 11.3 Å². The van der Waals surface area contributed by atoms with Crippen molar-refractivity contribution in [3.05, 3.63) is 53.4 Å². The van der Waals surface area contributed by atoms with Crippen LogP contribution in [0, 0.1) is 0 Å². The lowest BCUT2D eigenvalue weighted by atomic mass is 10.1. The number of hydrogen-bond donors (Lipinski definition) is 2. The van der Waals surface area contributed by atoms with Crippen molar-refractivity contribution in [2.75, 3.05) is 25.0 Å². The van der Waals surface area contributed by atoms with Gasteiger partial charge in [-0.1, -0.05) is 37.3 Å². The topological polar surface area (TPSA) is 98.2 Å². The van der Waals surface area contributed by atoms with Gasteiger partial charge in [0.1, 0.15) is 0 Å². The number of carboxylic acids is 2.